The van der Waals surface area contributed by atoms with Gasteiger partial charge in [-0.15, -0.1) is 0 Å². The van der Waals surface area contributed by atoms with Crippen molar-refractivity contribution in [1.29, 1.82) is 0 Å². The molecular weight excluding hydrogens is 323 g/mol. The normalized spacial score (nSPS) is 19.6. The molecule has 4 nitrogen and oxygen atoms in total. The van der Waals surface area contributed by atoms with Crippen LogP contribution in [0.5, 0.6) is 0 Å². The second kappa shape index (κ2) is 7.34. The monoisotopic (exact) mass is 342 g/mol. The number of carbonyl (C=O) groups excluding carboxylic acids is 2. The van der Waals surface area contributed by atoms with Crippen molar-refractivity contribution in [3.05, 3.63) is 28.2 Å². The number of halogens is 2. The van der Waals surface area contributed by atoms with Crippen LogP contribution in [0.4, 0.5) is 5.69 Å². The average molecular weight is 343 g/mol. The van der Waals surface area contributed by atoms with Crippen LogP contribution in [0, 0.1) is 11.8 Å². The molecule has 2 rings (SSSR count). The fourth-order valence-corrected chi connectivity index (χ4v) is 2.93. The van der Waals surface area contributed by atoms with Crippen molar-refractivity contribution in [3.63, 3.8) is 0 Å². The molecular formula is C16H20Cl2N2O2. The van der Waals surface area contributed by atoms with Gasteiger partial charge >= 0.3 is 0 Å². The summed E-state index contributed by atoms with van der Waals surface area (Å²) in [5, 5.41) is 3.70. The summed E-state index contributed by atoms with van der Waals surface area (Å²) in [7, 11) is 1.79. The minimum Gasteiger partial charge on any atom is -0.346 e. The quantitative estimate of drug-likeness (QED) is 0.853. The molecule has 0 aromatic heterocycles. The van der Waals surface area contributed by atoms with E-state index < -0.39 is 0 Å². The third kappa shape index (κ3) is 4.37. The standard InChI is InChI=1S/C16H20Cl2N2O2/c1-3-4-5-20(2)16(22)14-9-13(14)15(21)19-12-7-10(17)6-11(18)8-12/h6-8,13-14H,3-5,9H2,1-2H3,(H,19,21). The largest absolute Gasteiger partial charge is 0.346 e. The van der Waals surface area contributed by atoms with Crippen LogP contribution >= 0.6 is 23.2 Å². The number of amides is 2. The van der Waals surface area contributed by atoms with E-state index in [9.17, 15) is 9.59 Å². The van der Waals surface area contributed by atoms with Gasteiger partial charge in [0.1, 0.15) is 0 Å². The zero-order valence-corrected chi connectivity index (χ0v) is 14.2. The number of benzene rings is 1. The van der Waals surface area contributed by atoms with Gasteiger partial charge in [-0.25, -0.2) is 0 Å². The Balaban J connectivity index is 1.89. The van der Waals surface area contributed by atoms with E-state index >= 15 is 0 Å². The van der Waals surface area contributed by atoms with Crippen molar-refractivity contribution in [3.8, 4) is 0 Å². The number of nitrogens with one attached hydrogen (secondary N) is 1. The molecule has 120 valence electrons. The first-order chi connectivity index (χ1) is 10.4. The second-order valence-electron chi connectivity index (χ2n) is 5.71. The maximum Gasteiger partial charge on any atom is 0.228 e. The molecule has 1 aromatic rings. The Morgan fingerprint density at radius 1 is 1.23 bits per heavy atom. The van der Waals surface area contributed by atoms with Gasteiger partial charge < -0.3 is 10.2 Å². The van der Waals surface area contributed by atoms with Crippen molar-refractivity contribution in [2.24, 2.45) is 11.8 Å². The maximum absolute atomic E-state index is 12.2. The lowest BCUT2D eigenvalue weighted by molar-refractivity contribution is -0.132. The summed E-state index contributed by atoms with van der Waals surface area (Å²) in [6.07, 6.45) is 2.63. The van der Waals surface area contributed by atoms with Crippen LogP contribution < -0.4 is 5.32 Å². The zero-order chi connectivity index (χ0) is 16.3. The number of unbranched alkanes of at least 4 members (excludes halogenated alkanes) is 1. The Kier molecular flexibility index (Phi) is 5.70. The molecule has 0 aliphatic heterocycles. The summed E-state index contributed by atoms with van der Waals surface area (Å²) in [5.74, 6) is -0.552. The molecule has 1 aliphatic carbocycles. The van der Waals surface area contributed by atoms with Crippen molar-refractivity contribution in [1.82, 2.24) is 4.90 Å². The fourth-order valence-electron chi connectivity index (χ4n) is 2.41. The molecule has 2 amide bonds. The van der Waals surface area contributed by atoms with Gasteiger partial charge in [-0.1, -0.05) is 36.5 Å². The maximum atomic E-state index is 12.2. The number of rotatable bonds is 6. The third-order valence-corrected chi connectivity index (χ3v) is 4.23. The molecule has 6 heteroatoms. The predicted molar refractivity (Wildman–Crippen MR) is 89.2 cm³/mol. The highest BCUT2D eigenvalue weighted by Crippen LogP contribution is 2.41. The van der Waals surface area contributed by atoms with Crippen molar-refractivity contribution < 1.29 is 9.59 Å². The van der Waals surface area contributed by atoms with E-state index in [1.165, 1.54) is 0 Å². The van der Waals surface area contributed by atoms with Crippen LogP contribution in [0.3, 0.4) is 0 Å². The number of hydrogen-bond acceptors (Lipinski definition) is 2. The Hall–Kier alpha value is -1.26. The van der Waals surface area contributed by atoms with Crippen LogP contribution in [0.2, 0.25) is 10.0 Å². The van der Waals surface area contributed by atoms with Gasteiger partial charge in [-0.2, -0.15) is 0 Å². The SMILES string of the molecule is CCCCN(C)C(=O)C1CC1C(=O)Nc1cc(Cl)cc(Cl)c1. The average Bonchev–Trinajstić information content (AvgIpc) is 3.23. The lowest BCUT2D eigenvalue weighted by Gasteiger charge is -2.16. The van der Waals surface area contributed by atoms with Gasteiger partial charge in [0.2, 0.25) is 11.8 Å². The molecule has 1 fully saturated rings. The molecule has 0 radical (unpaired) electrons. The summed E-state index contributed by atoms with van der Waals surface area (Å²) >= 11 is 11.8. The highest BCUT2D eigenvalue weighted by atomic mass is 35.5. The van der Waals surface area contributed by atoms with Crippen molar-refractivity contribution in [2.75, 3.05) is 18.9 Å². The van der Waals surface area contributed by atoms with E-state index in [1.54, 1.807) is 30.1 Å². The lowest BCUT2D eigenvalue weighted by Crippen LogP contribution is -2.30. The molecule has 22 heavy (non-hydrogen) atoms. The van der Waals surface area contributed by atoms with Gasteiger partial charge in [-0.05, 0) is 31.0 Å². The molecule has 1 aromatic carbocycles. The Bertz CT molecular complexity index is 557. The van der Waals surface area contributed by atoms with Gasteiger partial charge in [0, 0.05) is 29.3 Å². The van der Waals surface area contributed by atoms with Crippen LogP contribution in [-0.4, -0.2) is 30.3 Å². The molecule has 1 N–H and O–H groups in total. The van der Waals surface area contributed by atoms with Crippen LogP contribution in [-0.2, 0) is 9.59 Å². The second-order valence-corrected chi connectivity index (χ2v) is 6.58. The van der Waals surface area contributed by atoms with Crippen molar-refractivity contribution in [2.45, 2.75) is 26.2 Å². The Morgan fingerprint density at radius 3 is 2.45 bits per heavy atom. The zero-order valence-electron chi connectivity index (χ0n) is 12.7. The number of nitrogens with zero attached hydrogens (tertiary/aromatic N) is 1. The smallest absolute Gasteiger partial charge is 0.228 e. The van der Waals surface area contributed by atoms with E-state index in [2.05, 4.69) is 12.2 Å². The third-order valence-electron chi connectivity index (χ3n) is 3.80. The van der Waals surface area contributed by atoms with E-state index in [-0.39, 0.29) is 23.7 Å². The predicted octanol–water partition coefficient (Wildman–Crippen LogP) is 3.83. The lowest BCUT2D eigenvalue weighted by atomic mass is 10.2. The molecule has 0 heterocycles. The van der Waals surface area contributed by atoms with Gasteiger partial charge in [-0.3, -0.25) is 9.59 Å². The van der Waals surface area contributed by atoms with Crippen LogP contribution in [0.1, 0.15) is 26.2 Å². The van der Waals surface area contributed by atoms with Crippen LogP contribution in [0.25, 0.3) is 0 Å². The van der Waals surface area contributed by atoms with Crippen molar-refractivity contribution >= 4 is 40.7 Å². The van der Waals surface area contributed by atoms with Gasteiger partial charge in [0.15, 0.2) is 0 Å². The first-order valence-corrected chi connectivity index (χ1v) is 8.20. The number of hydrogen-bond donors (Lipinski definition) is 1. The van der Waals surface area contributed by atoms with Crippen LogP contribution in [0.15, 0.2) is 18.2 Å². The summed E-state index contributed by atoms with van der Waals surface area (Å²) in [5.41, 5.74) is 0.555. The summed E-state index contributed by atoms with van der Waals surface area (Å²) < 4.78 is 0. The highest BCUT2D eigenvalue weighted by Gasteiger charge is 2.48. The number of anilines is 1. The first kappa shape index (κ1) is 17.1. The highest BCUT2D eigenvalue weighted by molar-refractivity contribution is 6.35. The van der Waals surface area contributed by atoms with Gasteiger partial charge in [0.25, 0.3) is 0 Å². The minimum absolute atomic E-state index is 0.0535. The molecule has 0 spiro atoms. The van der Waals surface area contributed by atoms with E-state index in [1.807, 2.05) is 0 Å². The minimum atomic E-state index is -0.255. The molecule has 2 atom stereocenters. The molecule has 0 bridgehead atoms. The fraction of sp³-hybridized carbons (Fsp3) is 0.500. The van der Waals surface area contributed by atoms with E-state index in [4.69, 9.17) is 23.2 Å². The van der Waals surface area contributed by atoms with Gasteiger partial charge in [0.05, 0.1) is 11.8 Å². The Labute approximate surface area is 140 Å². The molecule has 2 unspecified atom stereocenters. The molecule has 0 saturated heterocycles. The van der Waals surface area contributed by atoms with E-state index in [0.29, 0.717) is 22.2 Å². The van der Waals surface area contributed by atoms with E-state index in [0.717, 1.165) is 19.4 Å². The Morgan fingerprint density at radius 2 is 1.86 bits per heavy atom. The first-order valence-electron chi connectivity index (χ1n) is 7.44. The summed E-state index contributed by atoms with van der Waals surface area (Å²) in [6.45, 7) is 2.83. The number of carbonyl (C=O) groups is 2. The summed E-state index contributed by atoms with van der Waals surface area (Å²) in [4.78, 5) is 26.1. The molecule has 1 saturated carbocycles. The molecule has 1 aliphatic rings. The summed E-state index contributed by atoms with van der Waals surface area (Å²) in [6, 6.07) is 4.88. The topological polar surface area (TPSA) is 49.4 Å².